The van der Waals surface area contributed by atoms with Crippen molar-refractivity contribution >= 4 is 17.3 Å². The summed E-state index contributed by atoms with van der Waals surface area (Å²) in [6.45, 7) is -1.58. The van der Waals surface area contributed by atoms with Crippen LogP contribution in [0.5, 0.6) is 0 Å². The summed E-state index contributed by atoms with van der Waals surface area (Å²) in [5, 5.41) is 11.0. The molecule has 1 heterocycles. The largest absolute Gasteiger partial charge is 0.405 e. The van der Waals surface area contributed by atoms with Crippen molar-refractivity contribution in [2.75, 3.05) is 11.9 Å². The van der Waals surface area contributed by atoms with Crippen molar-refractivity contribution in [3.8, 4) is 0 Å². The van der Waals surface area contributed by atoms with Crippen LogP contribution >= 0.6 is 11.6 Å². The molecule has 0 spiro atoms. The summed E-state index contributed by atoms with van der Waals surface area (Å²) < 4.78 is 35.7. The summed E-state index contributed by atoms with van der Waals surface area (Å²) in [7, 11) is 0. The van der Waals surface area contributed by atoms with E-state index in [1.54, 1.807) is 0 Å². The van der Waals surface area contributed by atoms with Crippen molar-refractivity contribution in [1.82, 2.24) is 4.98 Å². The standard InChI is InChI=1S/C8H8ClF3N2O/c9-7-1-6(5(3-15)2-13-7)14-4-8(10,11)12/h1-2,15H,3-4H2,(H,13,14). The van der Waals surface area contributed by atoms with Crippen LogP contribution in [0.3, 0.4) is 0 Å². The van der Waals surface area contributed by atoms with Crippen LogP contribution in [0.1, 0.15) is 5.56 Å². The molecule has 0 aliphatic rings. The molecule has 0 fully saturated rings. The third-order valence-corrected chi connectivity index (χ3v) is 1.81. The summed E-state index contributed by atoms with van der Waals surface area (Å²) in [6.07, 6.45) is -3.09. The monoisotopic (exact) mass is 240 g/mol. The van der Waals surface area contributed by atoms with Crippen molar-refractivity contribution < 1.29 is 18.3 Å². The first kappa shape index (κ1) is 12.1. The van der Waals surface area contributed by atoms with Crippen LogP contribution in [-0.2, 0) is 6.61 Å². The highest BCUT2D eigenvalue weighted by molar-refractivity contribution is 6.29. The van der Waals surface area contributed by atoms with Gasteiger partial charge in [-0.1, -0.05) is 11.6 Å². The summed E-state index contributed by atoms with van der Waals surface area (Å²) in [6, 6.07) is 1.23. The van der Waals surface area contributed by atoms with E-state index in [2.05, 4.69) is 10.3 Å². The Morgan fingerprint density at radius 2 is 2.13 bits per heavy atom. The molecule has 1 aromatic heterocycles. The molecule has 0 amide bonds. The molecular formula is C8H8ClF3N2O. The van der Waals surface area contributed by atoms with Gasteiger partial charge in [-0.15, -0.1) is 0 Å². The van der Waals surface area contributed by atoms with Gasteiger partial charge >= 0.3 is 6.18 Å². The molecule has 0 aromatic carbocycles. The molecule has 0 bridgehead atoms. The Morgan fingerprint density at radius 3 is 2.67 bits per heavy atom. The van der Waals surface area contributed by atoms with E-state index in [-0.39, 0.29) is 16.4 Å². The van der Waals surface area contributed by atoms with Gasteiger partial charge in [0.1, 0.15) is 11.7 Å². The lowest BCUT2D eigenvalue weighted by atomic mass is 10.2. The Morgan fingerprint density at radius 1 is 1.47 bits per heavy atom. The molecular weight excluding hydrogens is 233 g/mol. The van der Waals surface area contributed by atoms with Crippen LogP contribution in [-0.4, -0.2) is 22.8 Å². The van der Waals surface area contributed by atoms with Crippen LogP contribution < -0.4 is 5.32 Å². The molecule has 1 aromatic rings. The zero-order valence-electron chi connectivity index (χ0n) is 7.48. The van der Waals surface area contributed by atoms with E-state index in [1.165, 1.54) is 12.3 Å². The predicted octanol–water partition coefficient (Wildman–Crippen LogP) is 2.20. The molecule has 0 radical (unpaired) electrons. The summed E-state index contributed by atoms with van der Waals surface area (Å²) >= 11 is 5.51. The Hall–Kier alpha value is -1.01. The number of aliphatic hydroxyl groups excluding tert-OH is 1. The Bertz CT molecular complexity index is 343. The van der Waals surface area contributed by atoms with Crippen LogP contribution in [0.2, 0.25) is 5.15 Å². The van der Waals surface area contributed by atoms with Gasteiger partial charge in [-0.05, 0) is 6.07 Å². The van der Waals surface area contributed by atoms with Crippen molar-refractivity contribution in [3.63, 3.8) is 0 Å². The fraction of sp³-hybridized carbons (Fsp3) is 0.375. The molecule has 84 valence electrons. The van der Waals surface area contributed by atoms with Crippen LogP contribution in [0.4, 0.5) is 18.9 Å². The second-order valence-corrected chi connectivity index (χ2v) is 3.18. The van der Waals surface area contributed by atoms with Gasteiger partial charge in [0, 0.05) is 17.4 Å². The van der Waals surface area contributed by atoms with Gasteiger partial charge in [0.05, 0.1) is 6.61 Å². The normalized spacial score (nSPS) is 11.5. The van der Waals surface area contributed by atoms with E-state index in [0.29, 0.717) is 0 Å². The minimum absolute atomic E-state index is 0.0666. The molecule has 15 heavy (non-hydrogen) atoms. The topological polar surface area (TPSA) is 45.2 Å². The van der Waals surface area contributed by atoms with Crippen molar-refractivity contribution in [3.05, 3.63) is 23.0 Å². The second kappa shape index (κ2) is 4.67. The molecule has 0 atom stereocenters. The molecule has 7 heteroatoms. The third-order valence-electron chi connectivity index (χ3n) is 1.60. The van der Waals surface area contributed by atoms with Crippen LogP contribution in [0.25, 0.3) is 0 Å². The van der Waals surface area contributed by atoms with E-state index < -0.39 is 19.3 Å². The van der Waals surface area contributed by atoms with Crippen molar-refractivity contribution in [2.45, 2.75) is 12.8 Å². The summed E-state index contributed by atoms with van der Waals surface area (Å²) in [5.74, 6) is 0. The van der Waals surface area contributed by atoms with Gasteiger partial charge in [-0.2, -0.15) is 13.2 Å². The summed E-state index contributed by atoms with van der Waals surface area (Å²) in [4.78, 5) is 3.64. The van der Waals surface area contributed by atoms with E-state index in [0.717, 1.165) is 0 Å². The van der Waals surface area contributed by atoms with Gasteiger partial charge in [0.2, 0.25) is 0 Å². The van der Waals surface area contributed by atoms with Crippen molar-refractivity contribution in [1.29, 1.82) is 0 Å². The zero-order chi connectivity index (χ0) is 11.5. The Balaban J connectivity index is 2.79. The number of pyridine rings is 1. The number of alkyl halides is 3. The molecule has 0 saturated heterocycles. The van der Waals surface area contributed by atoms with Crippen molar-refractivity contribution in [2.24, 2.45) is 0 Å². The highest BCUT2D eigenvalue weighted by Gasteiger charge is 2.26. The van der Waals surface area contributed by atoms with E-state index in [1.807, 2.05) is 0 Å². The number of rotatable bonds is 3. The lowest BCUT2D eigenvalue weighted by molar-refractivity contribution is -0.115. The smallest absolute Gasteiger partial charge is 0.392 e. The van der Waals surface area contributed by atoms with Crippen LogP contribution in [0.15, 0.2) is 12.3 Å². The van der Waals surface area contributed by atoms with E-state index >= 15 is 0 Å². The first-order valence-corrected chi connectivity index (χ1v) is 4.36. The lowest BCUT2D eigenvalue weighted by Gasteiger charge is -2.12. The maximum Gasteiger partial charge on any atom is 0.405 e. The third kappa shape index (κ3) is 3.93. The number of halogens is 4. The quantitative estimate of drug-likeness (QED) is 0.797. The predicted molar refractivity (Wildman–Crippen MR) is 49.7 cm³/mol. The zero-order valence-corrected chi connectivity index (χ0v) is 8.23. The number of aliphatic hydroxyl groups is 1. The number of hydrogen-bond donors (Lipinski definition) is 2. The number of hydrogen-bond acceptors (Lipinski definition) is 3. The van der Waals surface area contributed by atoms with Gasteiger partial charge in [0.25, 0.3) is 0 Å². The molecule has 1 rings (SSSR count). The minimum atomic E-state index is -4.32. The number of aromatic nitrogens is 1. The first-order valence-electron chi connectivity index (χ1n) is 3.98. The molecule has 2 N–H and O–H groups in total. The highest BCUT2D eigenvalue weighted by Crippen LogP contribution is 2.21. The maximum absolute atomic E-state index is 11.9. The number of nitrogens with one attached hydrogen (secondary N) is 1. The first-order chi connectivity index (χ1) is 6.92. The highest BCUT2D eigenvalue weighted by atomic mass is 35.5. The van der Waals surface area contributed by atoms with Gasteiger partial charge in [-0.3, -0.25) is 0 Å². The average Bonchev–Trinajstić information content (AvgIpc) is 2.14. The Labute approximate surface area is 88.9 Å². The molecule has 3 nitrogen and oxygen atoms in total. The molecule has 0 unspecified atom stereocenters. The molecule has 0 aliphatic carbocycles. The number of anilines is 1. The molecule has 0 aliphatic heterocycles. The lowest BCUT2D eigenvalue weighted by Crippen LogP contribution is -2.22. The Kier molecular flexibility index (Phi) is 3.76. The van der Waals surface area contributed by atoms with E-state index in [4.69, 9.17) is 16.7 Å². The van der Waals surface area contributed by atoms with Gasteiger partial charge < -0.3 is 10.4 Å². The fourth-order valence-corrected chi connectivity index (χ4v) is 1.10. The van der Waals surface area contributed by atoms with Gasteiger partial charge in [0.15, 0.2) is 0 Å². The minimum Gasteiger partial charge on any atom is -0.392 e. The molecule has 0 saturated carbocycles. The second-order valence-electron chi connectivity index (χ2n) is 2.79. The van der Waals surface area contributed by atoms with Gasteiger partial charge in [-0.25, -0.2) is 4.98 Å². The maximum atomic E-state index is 11.9. The van der Waals surface area contributed by atoms with E-state index in [9.17, 15) is 13.2 Å². The van der Waals surface area contributed by atoms with Crippen LogP contribution in [0, 0.1) is 0 Å². The summed E-state index contributed by atoms with van der Waals surface area (Å²) in [5.41, 5.74) is 0.401. The number of nitrogens with zero attached hydrogens (tertiary/aromatic N) is 1. The fourth-order valence-electron chi connectivity index (χ4n) is 0.944. The average molecular weight is 241 g/mol. The SMILES string of the molecule is OCc1cnc(Cl)cc1NCC(F)(F)F.